The molecule has 2 heterocycles. The van der Waals surface area contributed by atoms with Crippen LogP contribution < -0.4 is 10.1 Å². The molecule has 0 aliphatic rings. The minimum absolute atomic E-state index is 0.0789. The normalized spacial score (nSPS) is 11.0. The molecule has 2 aromatic heterocycles. The molecule has 3 aromatic rings. The highest BCUT2D eigenvalue weighted by Gasteiger charge is 2.18. The van der Waals surface area contributed by atoms with Gasteiger partial charge in [-0.3, -0.25) is 0 Å². The molecule has 0 saturated heterocycles. The van der Waals surface area contributed by atoms with Crippen molar-refractivity contribution in [1.29, 1.82) is 0 Å². The van der Waals surface area contributed by atoms with Gasteiger partial charge in [0.25, 0.3) is 0 Å². The number of anilines is 1. The fourth-order valence-electron chi connectivity index (χ4n) is 2.29. The lowest BCUT2D eigenvalue weighted by Gasteiger charge is -2.10. The number of ether oxygens (including phenoxy) is 1. The van der Waals surface area contributed by atoms with Gasteiger partial charge in [-0.2, -0.15) is 0 Å². The average molecular weight is 399 g/mol. The minimum Gasteiger partial charge on any atom is -0.435 e. The van der Waals surface area contributed by atoms with E-state index in [1.54, 1.807) is 18.5 Å². The molecule has 1 aromatic carbocycles. The maximum absolute atomic E-state index is 14.2. The van der Waals surface area contributed by atoms with E-state index in [1.165, 1.54) is 6.07 Å². The second-order valence-electron chi connectivity index (χ2n) is 5.03. The number of benzene rings is 1. The van der Waals surface area contributed by atoms with Gasteiger partial charge in [0, 0.05) is 34.9 Å². The molecule has 4 nitrogen and oxygen atoms in total. The van der Waals surface area contributed by atoms with Crippen molar-refractivity contribution in [2.24, 2.45) is 0 Å². The van der Waals surface area contributed by atoms with Crippen molar-refractivity contribution in [2.75, 3.05) is 11.9 Å². The Morgan fingerprint density at radius 1 is 1.43 bits per heavy atom. The number of nitrogens with zero attached hydrogens (tertiary/aromatic N) is 1. The van der Waals surface area contributed by atoms with Gasteiger partial charge in [0.2, 0.25) is 5.88 Å². The molecule has 3 rings (SSSR count). The number of halogens is 3. The smallest absolute Gasteiger partial charge is 0.219 e. The first kappa shape index (κ1) is 16.1. The van der Waals surface area contributed by atoms with E-state index in [9.17, 15) is 4.39 Å². The van der Waals surface area contributed by atoms with Gasteiger partial charge >= 0.3 is 0 Å². The number of H-pyrrole nitrogens is 1. The summed E-state index contributed by atoms with van der Waals surface area (Å²) in [6, 6.07) is 3.14. The zero-order chi connectivity index (χ0) is 16.6. The third-order valence-corrected chi connectivity index (χ3v) is 4.61. The fourth-order valence-corrected chi connectivity index (χ4v) is 2.69. The van der Waals surface area contributed by atoms with Crippen molar-refractivity contribution >= 4 is 44.1 Å². The van der Waals surface area contributed by atoms with E-state index >= 15 is 0 Å². The molecule has 2 N–H and O–H groups in total. The van der Waals surface area contributed by atoms with Crippen molar-refractivity contribution in [3.63, 3.8) is 0 Å². The third kappa shape index (κ3) is 3.01. The Balaban J connectivity index is 2.11. The number of nitrogens with one attached hydrogen (secondary N) is 2. The molecule has 0 bridgehead atoms. The number of aryl methyl sites for hydroxylation is 1. The second kappa shape index (κ2) is 6.37. The van der Waals surface area contributed by atoms with Crippen LogP contribution in [0.2, 0.25) is 5.02 Å². The van der Waals surface area contributed by atoms with Crippen molar-refractivity contribution in [2.45, 2.75) is 13.8 Å². The van der Waals surface area contributed by atoms with Gasteiger partial charge in [0.05, 0.1) is 11.2 Å². The van der Waals surface area contributed by atoms with Gasteiger partial charge in [-0.05, 0) is 41.4 Å². The highest BCUT2D eigenvalue weighted by Crippen LogP contribution is 2.40. The number of aromatic nitrogens is 2. The first-order valence-corrected chi connectivity index (χ1v) is 8.21. The maximum Gasteiger partial charge on any atom is 0.219 e. The lowest BCUT2D eigenvalue weighted by molar-refractivity contribution is 0.462. The summed E-state index contributed by atoms with van der Waals surface area (Å²) >= 11 is 9.48. The summed E-state index contributed by atoms with van der Waals surface area (Å²) in [5.74, 6) is 0.0286. The van der Waals surface area contributed by atoms with Crippen LogP contribution in [-0.2, 0) is 0 Å². The van der Waals surface area contributed by atoms with Crippen molar-refractivity contribution in [3.05, 3.63) is 45.4 Å². The largest absolute Gasteiger partial charge is 0.435 e. The van der Waals surface area contributed by atoms with E-state index in [0.717, 1.165) is 22.3 Å². The number of rotatable bonds is 4. The van der Waals surface area contributed by atoms with Crippen molar-refractivity contribution in [1.82, 2.24) is 9.97 Å². The summed E-state index contributed by atoms with van der Waals surface area (Å²) in [6.07, 6.45) is 3.39. The van der Waals surface area contributed by atoms with E-state index in [2.05, 4.69) is 31.2 Å². The number of aromatic amines is 1. The number of hydrogen-bond acceptors (Lipinski definition) is 3. The number of fused-ring (bicyclic) bond motifs is 1. The highest BCUT2D eigenvalue weighted by atomic mass is 79.9. The van der Waals surface area contributed by atoms with E-state index in [1.807, 2.05) is 13.8 Å². The zero-order valence-electron chi connectivity index (χ0n) is 12.5. The summed E-state index contributed by atoms with van der Waals surface area (Å²) < 4.78 is 20.8. The van der Waals surface area contributed by atoms with Gasteiger partial charge < -0.3 is 15.0 Å². The lowest BCUT2D eigenvalue weighted by Crippen LogP contribution is -1.96. The molecule has 0 fully saturated rings. The first-order chi connectivity index (χ1) is 11.0. The maximum atomic E-state index is 14.2. The zero-order valence-corrected chi connectivity index (χ0v) is 14.8. The number of pyridine rings is 1. The first-order valence-electron chi connectivity index (χ1n) is 7.04. The van der Waals surface area contributed by atoms with Crippen molar-refractivity contribution in [3.8, 4) is 11.6 Å². The average Bonchev–Trinajstić information content (AvgIpc) is 2.90. The number of hydrogen-bond donors (Lipinski definition) is 2. The van der Waals surface area contributed by atoms with Gasteiger partial charge in [-0.15, -0.1) is 0 Å². The topological polar surface area (TPSA) is 49.9 Å². The Kier molecular flexibility index (Phi) is 4.46. The molecule has 0 atom stereocenters. The van der Waals surface area contributed by atoms with E-state index in [4.69, 9.17) is 16.3 Å². The predicted octanol–water partition coefficient (Wildman–Crippen LogP) is 5.65. The highest BCUT2D eigenvalue weighted by molar-refractivity contribution is 9.10. The molecule has 23 heavy (non-hydrogen) atoms. The summed E-state index contributed by atoms with van der Waals surface area (Å²) in [4.78, 5) is 7.26. The summed E-state index contributed by atoms with van der Waals surface area (Å²) in [7, 11) is 0. The van der Waals surface area contributed by atoms with Crippen LogP contribution in [-0.4, -0.2) is 16.5 Å². The molecule has 0 radical (unpaired) electrons. The molecule has 0 aliphatic carbocycles. The minimum atomic E-state index is -0.540. The molecule has 0 saturated carbocycles. The van der Waals surface area contributed by atoms with Gasteiger partial charge in [0.15, 0.2) is 5.75 Å². The predicted molar refractivity (Wildman–Crippen MR) is 94.2 cm³/mol. The summed E-state index contributed by atoms with van der Waals surface area (Å²) in [5.41, 5.74) is 2.37. The van der Waals surface area contributed by atoms with Crippen LogP contribution in [0, 0.1) is 12.7 Å². The summed E-state index contributed by atoms with van der Waals surface area (Å²) in [5, 5.41) is 3.77. The Bertz CT molecular complexity index is 881. The van der Waals surface area contributed by atoms with Crippen LogP contribution >= 0.6 is 27.5 Å². The molecule has 0 unspecified atom stereocenters. The van der Waals surface area contributed by atoms with Gasteiger partial charge in [-0.25, -0.2) is 9.37 Å². The van der Waals surface area contributed by atoms with Crippen LogP contribution in [0.3, 0.4) is 0 Å². The fraction of sp³-hybridized carbons (Fsp3) is 0.188. The van der Waals surface area contributed by atoms with E-state index < -0.39 is 5.82 Å². The van der Waals surface area contributed by atoms with E-state index in [0.29, 0.717) is 16.8 Å². The molecule has 120 valence electrons. The second-order valence-corrected chi connectivity index (χ2v) is 6.26. The molecular formula is C16H14BrClFN3O. The van der Waals surface area contributed by atoms with Gasteiger partial charge in [-0.1, -0.05) is 11.6 Å². The van der Waals surface area contributed by atoms with Gasteiger partial charge in [0.1, 0.15) is 10.8 Å². The van der Waals surface area contributed by atoms with Crippen LogP contribution in [0.15, 0.2) is 29.0 Å². The Hall–Kier alpha value is -1.79. The molecule has 7 heteroatoms. The lowest BCUT2D eigenvalue weighted by atomic mass is 10.2. The summed E-state index contributed by atoms with van der Waals surface area (Å²) in [6.45, 7) is 4.61. The quantitative estimate of drug-likeness (QED) is 0.597. The Morgan fingerprint density at radius 3 is 2.91 bits per heavy atom. The SMILES string of the molecule is CCNc1c[nH]c2c(Oc3cc(C)c(Br)cn3)c(Cl)c(F)cc12. The monoisotopic (exact) mass is 397 g/mol. The molecular weight excluding hydrogens is 385 g/mol. The molecule has 0 spiro atoms. The third-order valence-electron chi connectivity index (χ3n) is 3.42. The van der Waals surface area contributed by atoms with Crippen molar-refractivity contribution < 1.29 is 9.13 Å². The molecule has 0 aliphatic heterocycles. The molecule has 0 amide bonds. The van der Waals surface area contributed by atoms with Crippen LogP contribution in [0.25, 0.3) is 10.9 Å². The van der Waals surface area contributed by atoms with Crippen LogP contribution in [0.1, 0.15) is 12.5 Å². The Labute approximate surface area is 146 Å². The standard InChI is InChI=1S/C16H14BrClFN3O/c1-3-20-12-7-22-15-9(12)5-11(19)14(18)16(15)23-13-4-8(2)10(17)6-21-13/h4-7,20,22H,3H2,1-2H3. The van der Waals surface area contributed by atoms with Crippen LogP contribution in [0.5, 0.6) is 11.6 Å². The van der Waals surface area contributed by atoms with E-state index in [-0.39, 0.29) is 10.8 Å². The van der Waals surface area contributed by atoms with Crippen LogP contribution in [0.4, 0.5) is 10.1 Å². The Morgan fingerprint density at radius 2 is 2.22 bits per heavy atom.